The molecule has 0 fully saturated rings. The van der Waals surface area contributed by atoms with E-state index in [1.54, 1.807) is 4.90 Å². The van der Waals surface area contributed by atoms with Crippen LogP contribution in [0.15, 0.2) is 22.7 Å². The zero-order valence-corrected chi connectivity index (χ0v) is 13.3. The minimum absolute atomic E-state index is 0. The topological polar surface area (TPSA) is 75.4 Å². The van der Waals surface area contributed by atoms with Gasteiger partial charge in [-0.15, -0.1) is 12.4 Å². The molecular weight excluding hydrogens is 346 g/mol. The molecule has 0 aromatic heterocycles. The SMILES string of the molecule is Cl.NCC(=O)NCC(=O)N1CCc2cccc(Br)c2C1. The number of hydrogen-bond acceptors (Lipinski definition) is 3. The van der Waals surface area contributed by atoms with E-state index in [2.05, 4.69) is 27.3 Å². The van der Waals surface area contributed by atoms with Crippen molar-refractivity contribution in [2.75, 3.05) is 19.6 Å². The Balaban J connectivity index is 0.00000200. The highest BCUT2D eigenvalue weighted by atomic mass is 79.9. The lowest BCUT2D eigenvalue weighted by atomic mass is 10.00. The Morgan fingerprint density at radius 3 is 2.85 bits per heavy atom. The van der Waals surface area contributed by atoms with E-state index in [0.29, 0.717) is 13.1 Å². The van der Waals surface area contributed by atoms with Gasteiger partial charge in [-0.3, -0.25) is 9.59 Å². The van der Waals surface area contributed by atoms with Gasteiger partial charge in [-0.2, -0.15) is 0 Å². The Morgan fingerprint density at radius 1 is 1.40 bits per heavy atom. The first-order chi connectivity index (χ1) is 9.11. The van der Waals surface area contributed by atoms with E-state index in [4.69, 9.17) is 5.73 Å². The molecule has 1 aliphatic heterocycles. The Bertz CT molecular complexity index is 510. The van der Waals surface area contributed by atoms with Crippen molar-refractivity contribution in [2.24, 2.45) is 5.73 Å². The number of hydrogen-bond donors (Lipinski definition) is 2. The summed E-state index contributed by atoms with van der Waals surface area (Å²) >= 11 is 3.51. The van der Waals surface area contributed by atoms with Crippen LogP contribution in [0.1, 0.15) is 11.1 Å². The van der Waals surface area contributed by atoms with Crippen LogP contribution in [-0.4, -0.2) is 36.3 Å². The van der Waals surface area contributed by atoms with Crippen molar-refractivity contribution in [1.82, 2.24) is 10.2 Å². The molecule has 0 saturated heterocycles. The summed E-state index contributed by atoms with van der Waals surface area (Å²) < 4.78 is 1.02. The van der Waals surface area contributed by atoms with Gasteiger partial charge < -0.3 is 16.0 Å². The summed E-state index contributed by atoms with van der Waals surface area (Å²) in [5.74, 6) is -0.393. The number of amides is 2. The second-order valence-corrected chi connectivity index (χ2v) is 5.28. The van der Waals surface area contributed by atoms with Crippen molar-refractivity contribution in [1.29, 1.82) is 0 Å². The summed E-state index contributed by atoms with van der Waals surface area (Å²) in [6.45, 7) is 1.17. The third kappa shape index (κ3) is 3.94. The molecule has 2 rings (SSSR count). The lowest BCUT2D eigenvalue weighted by Crippen LogP contribution is -2.43. The quantitative estimate of drug-likeness (QED) is 0.836. The highest BCUT2D eigenvalue weighted by molar-refractivity contribution is 9.10. The van der Waals surface area contributed by atoms with Gasteiger partial charge in [-0.1, -0.05) is 28.1 Å². The van der Waals surface area contributed by atoms with Gasteiger partial charge in [0, 0.05) is 17.6 Å². The van der Waals surface area contributed by atoms with Crippen LogP contribution in [0.4, 0.5) is 0 Å². The Hall–Kier alpha value is -1.11. The number of nitrogens with one attached hydrogen (secondary N) is 1. The van der Waals surface area contributed by atoms with Crippen LogP contribution in [-0.2, 0) is 22.6 Å². The van der Waals surface area contributed by atoms with Crippen LogP contribution in [0.5, 0.6) is 0 Å². The van der Waals surface area contributed by atoms with Crippen LogP contribution in [0.25, 0.3) is 0 Å². The fraction of sp³-hybridized carbons (Fsp3) is 0.385. The molecule has 1 aromatic carbocycles. The Morgan fingerprint density at radius 2 is 2.15 bits per heavy atom. The smallest absolute Gasteiger partial charge is 0.242 e. The second-order valence-electron chi connectivity index (χ2n) is 4.42. The van der Waals surface area contributed by atoms with Gasteiger partial charge in [0.1, 0.15) is 0 Å². The molecule has 0 unspecified atom stereocenters. The number of fused-ring (bicyclic) bond motifs is 1. The van der Waals surface area contributed by atoms with Gasteiger partial charge in [0.25, 0.3) is 0 Å². The van der Waals surface area contributed by atoms with Crippen LogP contribution in [0.3, 0.4) is 0 Å². The normalized spacial score (nSPS) is 13.2. The molecule has 0 atom stereocenters. The fourth-order valence-electron chi connectivity index (χ4n) is 2.11. The summed E-state index contributed by atoms with van der Waals surface area (Å²) in [6, 6.07) is 6.06. The van der Waals surface area contributed by atoms with Crippen molar-refractivity contribution in [3.05, 3.63) is 33.8 Å². The number of benzene rings is 1. The predicted octanol–water partition coefficient (Wildman–Crippen LogP) is 0.831. The number of halogens is 2. The van der Waals surface area contributed by atoms with Crippen LogP contribution >= 0.6 is 28.3 Å². The minimum atomic E-state index is -0.313. The van der Waals surface area contributed by atoms with Crippen molar-refractivity contribution in [3.63, 3.8) is 0 Å². The summed E-state index contributed by atoms with van der Waals surface area (Å²) in [4.78, 5) is 24.8. The minimum Gasteiger partial charge on any atom is -0.346 e. The molecule has 1 aromatic rings. The molecule has 0 radical (unpaired) electrons. The zero-order valence-electron chi connectivity index (χ0n) is 10.9. The van der Waals surface area contributed by atoms with E-state index in [9.17, 15) is 9.59 Å². The number of rotatable bonds is 3. The van der Waals surface area contributed by atoms with Crippen molar-refractivity contribution < 1.29 is 9.59 Å². The van der Waals surface area contributed by atoms with Gasteiger partial charge in [0.15, 0.2) is 0 Å². The first-order valence-electron chi connectivity index (χ1n) is 6.12. The number of nitrogens with zero attached hydrogens (tertiary/aromatic N) is 1. The predicted molar refractivity (Wildman–Crippen MR) is 82.6 cm³/mol. The number of carbonyl (C=O) groups excluding carboxylic acids is 2. The summed E-state index contributed by atoms with van der Waals surface area (Å²) in [6.07, 6.45) is 0.839. The van der Waals surface area contributed by atoms with E-state index in [1.165, 1.54) is 5.56 Å². The van der Waals surface area contributed by atoms with Gasteiger partial charge >= 0.3 is 0 Å². The zero-order chi connectivity index (χ0) is 13.8. The maximum absolute atomic E-state index is 12.0. The molecule has 5 nitrogen and oxygen atoms in total. The van der Waals surface area contributed by atoms with Gasteiger partial charge in [0.2, 0.25) is 11.8 Å². The molecule has 1 aliphatic rings. The van der Waals surface area contributed by atoms with E-state index >= 15 is 0 Å². The summed E-state index contributed by atoms with van der Waals surface area (Å²) in [5, 5.41) is 2.50. The van der Waals surface area contributed by atoms with Crippen LogP contribution in [0, 0.1) is 0 Å². The monoisotopic (exact) mass is 361 g/mol. The standard InChI is InChI=1S/C13H16BrN3O2.ClH/c14-11-3-1-2-9-4-5-17(8-10(9)11)13(19)7-16-12(18)6-15;/h1-3H,4-8,15H2,(H,16,18);1H. The average Bonchev–Trinajstić information content (AvgIpc) is 2.44. The van der Waals surface area contributed by atoms with E-state index in [0.717, 1.165) is 16.5 Å². The fourth-order valence-corrected chi connectivity index (χ4v) is 2.64. The van der Waals surface area contributed by atoms with Crippen molar-refractivity contribution in [3.8, 4) is 0 Å². The van der Waals surface area contributed by atoms with E-state index in [1.807, 2.05) is 12.1 Å². The molecule has 0 saturated carbocycles. The van der Waals surface area contributed by atoms with Gasteiger partial charge in [0.05, 0.1) is 13.1 Å². The second kappa shape index (κ2) is 7.61. The summed E-state index contributed by atoms with van der Waals surface area (Å²) in [5.41, 5.74) is 7.59. The molecule has 1 heterocycles. The maximum atomic E-state index is 12.0. The third-order valence-corrected chi connectivity index (χ3v) is 3.93. The first-order valence-corrected chi connectivity index (χ1v) is 6.92. The van der Waals surface area contributed by atoms with Gasteiger partial charge in [-0.05, 0) is 23.6 Å². The van der Waals surface area contributed by atoms with E-state index in [-0.39, 0.29) is 37.3 Å². The average molecular weight is 363 g/mol. The molecular formula is C13H17BrClN3O2. The molecule has 110 valence electrons. The van der Waals surface area contributed by atoms with Crippen molar-refractivity contribution in [2.45, 2.75) is 13.0 Å². The molecule has 2 amide bonds. The molecule has 3 N–H and O–H groups in total. The van der Waals surface area contributed by atoms with Crippen LogP contribution < -0.4 is 11.1 Å². The molecule has 0 spiro atoms. The molecule has 20 heavy (non-hydrogen) atoms. The molecule has 0 bridgehead atoms. The molecule has 0 aliphatic carbocycles. The van der Waals surface area contributed by atoms with Crippen molar-refractivity contribution >= 4 is 40.2 Å². The summed E-state index contributed by atoms with van der Waals surface area (Å²) in [7, 11) is 0. The Kier molecular flexibility index (Phi) is 6.45. The third-order valence-electron chi connectivity index (χ3n) is 3.19. The lowest BCUT2D eigenvalue weighted by Gasteiger charge is -2.29. The van der Waals surface area contributed by atoms with Gasteiger partial charge in [-0.25, -0.2) is 0 Å². The number of carbonyl (C=O) groups is 2. The molecule has 7 heteroatoms. The highest BCUT2D eigenvalue weighted by Crippen LogP contribution is 2.26. The largest absolute Gasteiger partial charge is 0.346 e. The van der Waals surface area contributed by atoms with E-state index < -0.39 is 0 Å². The number of nitrogens with two attached hydrogens (primary N) is 1. The first kappa shape index (κ1) is 16.9. The lowest BCUT2D eigenvalue weighted by molar-refractivity contribution is -0.133. The van der Waals surface area contributed by atoms with Crippen LogP contribution in [0.2, 0.25) is 0 Å². The Labute approximate surface area is 132 Å². The maximum Gasteiger partial charge on any atom is 0.242 e. The highest BCUT2D eigenvalue weighted by Gasteiger charge is 2.22.